The summed E-state index contributed by atoms with van der Waals surface area (Å²) >= 11 is 0. The molecule has 1 unspecified atom stereocenters. The summed E-state index contributed by atoms with van der Waals surface area (Å²) in [6, 6.07) is 8.88. The molecular weight excluding hydrogens is 314 g/mol. The molecule has 0 spiro atoms. The lowest BCUT2D eigenvalue weighted by atomic mass is 10.1. The Labute approximate surface area is 136 Å². The Morgan fingerprint density at radius 2 is 2.00 bits per heavy atom. The van der Waals surface area contributed by atoms with Crippen LogP contribution in [0.2, 0.25) is 0 Å². The lowest BCUT2D eigenvalue weighted by Crippen LogP contribution is -2.36. The molecule has 1 aliphatic heterocycles. The molecule has 122 valence electrons. The summed E-state index contributed by atoms with van der Waals surface area (Å²) in [5, 5.41) is 11.8. The monoisotopic (exact) mass is 333 g/mol. The fourth-order valence-corrected chi connectivity index (χ4v) is 4.03. The van der Waals surface area contributed by atoms with Gasteiger partial charge in [0.25, 0.3) is 5.91 Å². The summed E-state index contributed by atoms with van der Waals surface area (Å²) in [6.45, 7) is 0. The molecule has 23 heavy (non-hydrogen) atoms. The van der Waals surface area contributed by atoms with Crippen LogP contribution in [0.5, 0.6) is 0 Å². The highest BCUT2D eigenvalue weighted by molar-refractivity contribution is 7.91. The third-order valence-corrected chi connectivity index (χ3v) is 5.42. The molecule has 7 heteroatoms. The second-order valence-electron chi connectivity index (χ2n) is 5.73. The molecule has 1 fully saturated rings. The number of sulfone groups is 1. The van der Waals surface area contributed by atoms with Gasteiger partial charge in [0.05, 0.1) is 11.5 Å². The van der Waals surface area contributed by atoms with Gasteiger partial charge >= 0.3 is 0 Å². The molecule has 0 aliphatic carbocycles. The molecule has 0 bridgehead atoms. The third-order valence-electron chi connectivity index (χ3n) is 3.65. The van der Waals surface area contributed by atoms with Gasteiger partial charge in [0.1, 0.15) is 11.6 Å². The minimum Gasteiger partial charge on any atom is -0.378 e. The average Bonchev–Trinajstić information content (AvgIpc) is 2.83. The number of anilines is 1. The number of carbonyl (C=O) groups is 1. The van der Waals surface area contributed by atoms with E-state index in [4.69, 9.17) is 0 Å². The molecular formula is C16H19N3O3S. The minimum atomic E-state index is -3.07. The lowest BCUT2D eigenvalue weighted by molar-refractivity contribution is -0.117. The SMILES string of the molecule is CN(C)c1ccc(C=C(C#N)C(=O)NC2CCS(=O)(=O)C2)cc1. The number of hydrogen-bond acceptors (Lipinski definition) is 5. The summed E-state index contributed by atoms with van der Waals surface area (Å²) < 4.78 is 22.8. The van der Waals surface area contributed by atoms with Crippen molar-refractivity contribution in [1.82, 2.24) is 5.32 Å². The first-order valence-corrected chi connectivity index (χ1v) is 9.03. The predicted molar refractivity (Wildman–Crippen MR) is 89.6 cm³/mol. The molecule has 1 amide bonds. The molecule has 1 N–H and O–H groups in total. The molecule has 1 aromatic carbocycles. The van der Waals surface area contributed by atoms with Gasteiger partial charge in [0.2, 0.25) is 0 Å². The molecule has 1 aliphatic rings. The van der Waals surface area contributed by atoms with E-state index in [1.54, 1.807) is 0 Å². The van der Waals surface area contributed by atoms with E-state index in [0.717, 1.165) is 11.3 Å². The summed E-state index contributed by atoms with van der Waals surface area (Å²) in [5.41, 5.74) is 1.72. The number of nitriles is 1. The number of nitrogens with zero attached hydrogens (tertiary/aromatic N) is 2. The second-order valence-corrected chi connectivity index (χ2v) is 7.96. The van der Waals surface area contributed by atoms with Gasteiger partial charge in [-0.05, 0) is 30.2 Å². The zero-order valence-electron chi connectivity index (χ0n) is 13.1. The first-order valence-electron chi connectivity index (χ1n) is 7.21. The van der Waals surface area contributed by atoms with E-state index in [-0.39, 0.29) is 17.1 Å². The molecule has 1 heterocycles. The van der Waals surface area contributed by atoms with Crippen LogP contribution in [0, 0.1) is 11.3 Å². The topological polar surface area (TPSA) is 90.3 Å². The highest BCUT2D eigenvalue weighted by Crippen LogP contribution is 2.16. The molecule has 1 aromatic rings. The maximum Gasteiger partial charge on any atom is 0.262 e. The number of rotatable bonds is 4. The predicted octanol–water partition coefficient (Wildman–Crippen LogP) is 0.963. The van der Waals surface area contributed by atoms with Gasteiger partial charge in [-0.1, -0.05) is 12.1 Å². The van der Waals surface area contributed by atoms with Crippen molar-refractivity contribution in [2.75, 3.05) is 30.5 Å². The van der Waals surface area contributed by atoms with Crippen LogP contribution in [-0.2, 0) is 14.6 Å². The van der Waals surface area contributed by atoms with Crippen molar-refractivity contribution in [2.45, 2.75) is 12.5 Å². The largest absolute Gasteiger partial charge is 0.378 e. The summed E-state index contributed by atoms with van der Waals surface area (Å²) in [7, 11) is 0.783. The van der Waals surface area contributed by atoms with Gasteiger partial charge in [-0.3, -0.25) is 4.79 Å². The molecule has 6 nitrogen and oxygen atoms in total. The van der Waals surface area contributed by atoms with Crippen molar-refractivity contribution in [3.8, 4) is 6.07 Å². The first-order chi connectivity index (χ1) is 10.8. The van der Waals surface area contributed by atoms with Crippen molar-refractivity contribution in [3.63, 3.8) is 0 Å². The highest BCUT2D eigenvalue weighted by atomic mass is 32.2. The van der Waals surface area contributed by atoms with Crippen LogP contribution in [0.3, 0.4) is 0 Å². The van der Waals surface area contributed by atoms with Crippen LogP contribution < -0.4 is 10.2 Å². The Morgan fingerprint density at radius 3 is 2.48 bits per heavy atom. The van der Waals surface area contributed by atoms with E-state index >= 15 is 0 Å². The normalized spacial score (nSPS) is 19.9. The van der Waals surface area contributed by atoms with Gasteiger partial charge in [-0.25, -0.2) is 8.42 Å². The Kier molecular flexibility index (Phi) is 5.06. The maximum absolute atomic E-state index is 12.1. The summed E-state index contributed by atoms with van der Waals surface area (Å²) in [4.78, 5) is 14.1. The lowest BCUT2D eigenvalue weighted by Gasteiger charge is -2.12. The Balaban J connectivity index is 2.09. The van der Waals surface area contributed by atoms with Gasteiger partial charge in [0, 0.05) is 25.8 Å². The van der Waals surface area contributed by atoms with E-state index in [0.29, 0.717) is 6.42 Å². The zero-order valence-corrected chi connectivity index (χ0v) is 13.9. The van der Waals surface area contributed by atoms with E-state index < -0.39 is 21.8 Å². The zero-order chi connectivity index (χ0) is 17.0. The number of hydrogen-bond donors (Lipinski definition) is 1. The van der Waals surface area contributed by atoms with Crippen LogP contribution in [0.15, 0.2) is 29.8 Å². The summed E-state index contributed by atoms with van der Waals surface area (Å²) in [6.07, 6.45) is 1.89. The standard InChI is InChI=1S/C16H19N3O3S/c1-19(2)15-5-3-12(4-6-15)9-13(10-17)16(20)18-14-7-8-23(21,22)11-14/h3-6,9,14H,7-8,11H2,1-2H3,(H,18,20). The average molecular weight is 333 g/mol. The van der Waals surface area contributed by atoms with Crippen LogP contribution in [0.1, 0.15) is 12.0 Å². The van der Waals surface area contributed by atoms with Crippen LogP contribution in [0.4, 0.5) is 5.69 Å². The molecule has 0 radical (unpaired) electrons. The van der Waals surface area contributed by atoms with E-state index in [1.165, 1.54) is 6.08 Å². The fourth-order valence-electron chi connectivity index (χ4n) is 2.36. The molecule has 1 atom stereocenters. The van der Waals surface area contributed by atoms with E-state index in [9.17, 15) is 18.5 Å². The van der Waals surface area contributed by atoms with Crippen molar-refractivity contribution in [2.24, 2.45) is 0 Å². The Morgan fingerprint density at radius 1 is 1.35 bits per heavy atom. The molecule has 0 aromatic heterocycles. The number of amides is 1. The van der Waals surface area contributed by atoms with Crippen LogP contribution >= 0.6 is 0 Å². The first kappa shape index (κ1) is 17.0. The van der Waals surface area contributed by atoms with Crippen molar-refractivity contribution in [3.05, 3.63) is 35.4 Å². The maximum atomic E-state index is 12.1. The molecule has 0 saturated carbocycles. The van der Waals surface area contributed by atoms with E-state index in [1.807, 2.05) is 49.3 Å². The highest BCUT2D eigenvalue weighted by Gasteiger charge is 2.29. The Bertz CT molecular complexity index is 759. The van der Waals surface area contributed by atoms with Gasteiger partial charge in [-0.15, -0.1) is 0 Å². The van der Waals surface area contributed by atoms with Crippen LogP contribution in [-0.4, -0.2) is 46.0 Å². The number of benzene rings is 1. The molecule has 1 saturated heterocycles. The molecule has 2 rings (SSSR count). The third kappa shape index (κ3) is 4.57. The fraction of sp³-hybridized carbons (Fsp3) is 0.375. The van der Waals surface area contributed by atoms with Crippen molar-refractivity contribution < 1.29 is 13.2 Å². The Hall–Kier alpha value is -2.33. The summed E-state index contributed by atoms with van der Waals surface area (Å²) in [5.74, 6) is -0.517. The number of carbonyl (C=O) groups excluding carboxylic acids is 1. The van der Waals surface area contributed by atoms with E-state index in [2.05, 4.69) is 5.32 Å². The van der Waals surface area contributed by atoms with Crippen LogP contribution in [0.25, 0.3) is 6.08 Å². The van der Waals surface area contributed by atoms with Crippen molar-refractivity contribution >= 4 is 27.5 Å². The second kappa shape index (κ2) is 6.84. The smallest absolute Gasteiger partial charge is 0.262 e. The van der Waals surface area contributed by atoms with Gasteiger partial charge in [0.15, 0.2) is 9.84 Å². The van der Waals surface area contributed by atoms with Gasteiger partial charge in [-0.2, -0.15) is 5.26 Å². The minimum absolute atomic E-state index is 0.0353. The van der Waals surface area contributed by atoms with Gasteiger partial charge < -0.3 is 10.2 Å². The number of nitrogens with one attached hydrogen (secondary N) is 1. The van der Waals surface area contributed by atoms with Crippen molar-refractivity contribution in [1.29, 1.82) is 5.26 Å². The quantitative estimate of drug-likeness (QED) is 0.655.